The van der Waals surface area contributed by atoms with Crippen LogP contribution in [-0.4, -0.2) is 51.6 Å². The quantitative estimate of drug-likeness (QED) is 0.765. The van der Waals surface area contributed by atoms with Crippen molar-refractivity contribution < 1.29 is 36.2 Å². The number of likely N-dealkylation sites (N-methyl/N-ethyl adjacent to an activating group) is 1. The highest BCUT2D eigenvalue weighted by molar-refractivity contribution is 5.88. The van der Waals surface area contributed by atoms with Crippen molar-refractivity contribution in [3.05, 3.63) is 34.9 Å². The first-order valence-electron chi connectivity index (χ1n) is 8.92. The number of phenols is 1. The van der Waals surface area contributed by atoms with Crippen LogP contribution in [0.1, 0.15) is 22.7 Å². The maximum Gasteiger partial charge on any atom is 0.169 e. The fourth-order valence-corrected chi connectivity index (χ4v) is 4.60. The fourth-order valence-electron chi connectivity index (χ4n) is 4.60. The highest BCUT2D eigenvalue weighted by Crippen LogP contribution is 2.56. The molecule has 0 spiro atoms. The van der Waals surface area contributed by atoms with E-state index in [1.807, 2.05) is 6.07 Å². The second-order valence-electron chi connectivity index (χ2n) is 7.68. The van der Waals surface area contributed by atoms with E-state index in [4.69, 9.17) is 14.2 Å². The molecule has 1 heterocycles. The molecule has 146 valence electrons. The van der Waals surface area contributed by atoms with E-state index in [-0.39, 0.29) is 18.2 Å². The third-order valence-electron chi connectivity index (χ3n) is 6.04. The number of rotatable bonds is 3. The van der Waals surface area contributed by atoms with Gasteiger partial charge in [0.25, 0.3) is 0 Å². The van der Waals surface area contributed by atoms with Gasteiger partial charge in [0.1, 0.15) is 6.04 Å². The minimum absolute atomic E-state index is 0. The van der Waals surface area contributed by atoms with Crippen LogP contribution in [0.2, 0.25) is 0 Å². The molecule has 5 nitrogen and oxygen atoms in total. The molecule has 1 N–H and O–H groups in total. The molecule has 0 saturated heterocycles. The second-order valence-corrected chi connectivity index (χ2v) is 7.68. The molecule has 0 amide bonds. The van der Waals surface area contributed by atoms with Crippen LogP contribution in [0.15, 0.2) is 18.2 Å². The Morgan fingerprint density at radius 2 is 1.67 bits per heavy atom. The number of fused-ring (bicyclic) bond motifs is 2. The normalized spacial score (nSPS) is 18.6. The summed E-state index contributed by atoms with van der Waals surface area (Å²) < 4.78 is 17.7. The Bertz CT molecular complexity index is 894. The summed E-state index contributed by atoms with van der Waals surface area (Å²) in [5.41, 5.74) is 5.44. The number of phenolic OH excluding ortho intramolecular Hbond substituents is 1. The van der Waals surface area contributed by atoms with E-state index < -0.39 is 0 Å². The van der Waals surface area contributed by atoms with Crippen LogP contribution >= 0.6 is 0 Å². The molecule has 0 saturated carbocycles. The Kier molecular flexibility index (Phi) is 4.95. The van der Waals surface area contributed by atoms with Crippen LogP contribution in [0.25, 0.3) is 11.1 Å². The van der Waals surface area contributed by atoms with Crippen molar-refractivity contribution in [3.63, 3.8) is 0 Å². The van der Waals surface area contributed by atoms with Gasteiger partial charge in [-0.1, -0.05) is 6.07 Å². The minimum atomic E-state index is 0. The highest BCUT2D eigenvalue weighted by atomic mass is 35.5. The molecule has 0 bridgehead atoms. The molecule has 6 heteroatoms. The van der Waals surface area contributed by atoms with Gasteiger partial charge in [-0.05, 0) is 23.3 Å². The van der Waals surface area contributed by atoms with E-state index in [1.54, 1.807) is 21.3 Å². The van der Waals surface area contributed by atoms with Crippen molar-refractivity contribution in [2.24, 2.45) is 0 Å². The molecule has 0 fully saturated rings. The predicted molar refractivity (Wildman–Crippen MR) is 100 cm³/mol. The SMILES string of the molecule is COc1ccc2c(c1O)-c1c(OC)c(OC)cc3c1[C@H](C2)[N+](C)(C)CC3.[Cl-]. The number of aromatic hydroxyl groups is 1. The van der Waals surface area contributed by atoms with Crippen molar-refractivity contribution in [2.45, 2.75) is 18.9 Å². The van der Waals surface area contributed by atoms with Gasteiger partial charge in [0.15, 0.2) is 23.0 Å². The molecule has 0 unspecified atom stereocenters. The van der Waals surface area contributed by atoms with Crippen LogP contribution in [0.5, 0.6) is 23.0 Å². The molecular weight excluding hydrogens is 366 g/mol. The second kappa shape index (κ2) is 6.80. The summed E-state index contributed by atoms with van der Waals surface area (Å²) in [6.45, 7) is 1.07. The zero-order valence-electron chi connectivity index (χ0n) is 16.4. The maximum absolute atomic E-state index is 10.9. The Labute approximate surface area is 166 Å². The number of hydrogen-bond acceptors (Lipinski definition) is 4. The summed E-state index contributed by atoms with van der Waals surface area (Å²) in [6, 6.07) is 6.33. The maximum atomic E-state index is 10.9. The monoisotopic (exact) mass is 391 g/mol. The summed E-state index contributed by atoms with van der Waals surface area (Å²) in [7, 11) is 9.45. The van der Waals surface area contributed by atoms with Gasteiger partial charge in [-0.25, -0.2) is 0 Å². The summed E-state index contributed by atoms with van der Waals surface area (Å²) in [5, 5.41) is 10.9. The van der Waals surface area contributed by atoms with Gasteiger partial charge >= 0.3 is 0 Å². The molecule has 2 aromatic rings. The molecule has 2 aromatic carbocycles. The van der Waals surface area contributed by atoms with Gasteiger partial charge < -0.3 is 36.2 Å². The van der Waals surface area contributed by atoms with E-state index >= 15 is 0 Å². The highest BCUT2D eigenvalue weighted by Gasteiger charge is 2.44. The van der Waals surface area contributed by atoms with Gasteiger partial charge in [0, 0.05) is 29.5 Å². The Morgan fingerprint density at radius 3 is 2.30 bits per heavy atom. The number of nitrogens with zero attached hydrogens (tertiary/aromatic N) is 1. The topological polar surface area (TPSA) is 47.9 Å². The van der Waals surface area contributed by atoms with Gasteiger partial charge in [-0.2, -0.15) is 0 Å². The van der Waals surface area contributed by atoms with Crippen LogP contribution in [-0.2, 0) is 12.8 Å². The zero-order chi connectivity index (χ0) is 18.6. The third-order valence-corrected chi connectivity index (χ3v) is 6.04. The van der Waals surface area contributed by atoms with E-state index in [1.165, 1.54) is 11.1 Å². The van der Waals surface area contributed by atoms with Crippen molar-refractivity contribution >= 4 is 0 Å². The summed E-state index contributed by atoms with van der Waals surface area (Å²) in [6.07, 6.45) is 1.86. The Morgan fingerprint density at radius 1 is 0.963 bits per heavy atom. The van der Waals surface area contributed by atoms with Gasteiger partial charge in [0.05, 0.1) is 42.0 Å². The van der Waals surface area contributed by atoms with Crippen molar-refractivity contribution in [3.8, 4) is 34.1 Å². The van der Waals surface area contributed by atoms with Crippen molar-refractivity contribution in [1.82, 2.24) is 0 Å². The number of hydrogen-bond donors (Lipinski definition) is 1. The number of methoxy groups -OCH3 is 3. The van der Waals surface area contributed by atoms with Crippen LogP contribution in [0.4, 0.5) is 0 Å². The number of ether oxygens (including phenoxy) is 3. The average Bonchev–Trinajstić information content (AvgIpc) is 2.64. The summed E-state index contributed by atoms with van der Waals surface area (Å²) in [5.74, 6) is 2.04. The lowest BCUT2D eigenvalue weighted by molar-refractivity contribution is -0.923. The summed E-state index contributed by atoms with van der Waals surface area (Å²) in [4.78, 5) is 0. The Balaban J connectivity index is 0.00000210. The van der Waals surface area contributed by atoms with Crippen LogP contribution in [0, 0.1) is 0 Å². The third kappa shape index (κ3) is 2.72. The molecule has 1 atom stereocenters. The fraction of sp³-hybridized carbons (Fsp3) is 0.429. The van der Waals surface area contributed by atoms with E-state index in [0.29, 0.717) is 23.3 Å². The summed E-state index contributed by atoms with van der Waals surface area (Å²) >= 11 is 0. The van der Waals surface area contributed by atoms with Gasteiger partial charge in [-0.3, -0.25) is 0 Å². The first-order chi connectivity index (χ1) is 12.4. The lowest BCUT2D eigenvalue weighted by atomic mass is 9.75. The number of halogens is 1. The van der Waals surface area contributed by atoms with E-state index in [9.17, 15) is 5.11 Å². The van der Waals surface area contributed by atoms with E-state index in [0.717, 1.165) is 40.6 Å². The molecule has 27 heavy (non-hydrogen) atoms. The van der Waals surface area contributed by atoms with Gasteiger partial charge in [0.2, 0.25) is 0 Å². The van der Waals surface area contributed by atoms with Crippen molar-refractivity contribution in [1.29, 1.82) is 0 Å². The molecule has 4 rings (SSSR count). The van der Waals surface area contributed by atoms with Crippen LogP contribution < -0.4 is 26.6 Å². The van der Waals surface area contributed by atoms with E-state index in [2.05, 4.69) is 26.2 Å². The number of benzene rings is 2. The predicted octanol–water partition coefficient (Wildman–Crippen LogP) is 0.319. The molecule has 2 aliphatic rings. The smallest absolute Gasteiger partial charge is 0.169 e. The lowest BCUT2D eigenvalue weighted by Crippen LogP contribution is -3.00. The van der Waals surface area contributed by atoms with Crippen LogP contribution in [0.3, 0.4) is 0 Å². The lowest BCUT2D eigenvalue weighted by Gasteiger charge is -2.46. The van der Waals surface area contributed by atoms with Gasteiger partial charge in [-0.15, -0.1) is 0 Å². The largest absolute Gasteiger partial charge is 1.00 e. The number of quaternary nitrogens is 1. The molecule has 0 radical (unpaired) electrons. The zero-order valence-corrected chi connectivity index (χ0v) is 17.2. The minimum Gasteiger partial charge on any atom is -1.00 e. The standard InChI is InChI=1S/C21H25NO4.ClH/c1-22(2)9-8-13-11-16(25-4)21(26-5)19-17(13)14(22)10-12-6-7-15(24-3)20(23)18(12)19;/h6-7,11,14H,8-10H2,1-5H3;1H/t14-;/m0./s1. The molecule has 1 aliphatic heterocycles. The first kappa shape index (κ1) is 19.6. The molecule has 0 aromatic heterocycles. The Hall–Kier alpha value is -2.11. The van der Waals surface area contributed by atoms with Crippen molar-refractivity contribution in [2.75, 3.05) is 42.0 Å². The molecular formula is C21H26ClNO4. The average molecular weight is 392 g/mol. The first-order valence-corrected chi connectivity index (χ1v) is 8.92. The molecule has 1 aliphatic carbocycles.